The van der Waals surface area contributed by atoms with E-state index in [1.54, 1.807) is 12.1 Å². The SMILES string of the molecule is C=C(C)[C@@H]1CCC2(C(=O)NCc3cccc(C(=O)NCCC(=O)O)c3)CC[C@]3(C)C(CCC4C5(C)CCC(O)C(C)(C)C5CCC43C)C12. The molecule has 0 spiro atoms. The van der Waals surface area contributed by atoms with Crippen molar-refractivity contribution in [1.82, 2.24) is 10.6 Å². The second-order valence-corrected chi connectivity index (χ2v) is 18.0. The minimum Gasteiger partial charge on any atom is -0.481 e. The van der Waals surface area contributed by atoms with Gasteiger partial charge in [0, 0.05) is 18.7 Å². The van der Waals surface area contributed by atoms with Gasteiger partial charge >= 0.3 is 5.97 Å². The number of aliphatic hydroxyl groups excluding tert-OH is 1. The van der Waals surface area contributed by atoms with E-state index in [-0.39, 0.29) is 58.5 Å². The van der Waals surface area contributed by atoms with E-state index in [0.29, 0.717) is 35.8 Å². The average molecular weight is 661 g/mol. The number of fused-ring (bicyclic) bond motifs is 7. The van der Waals surface area contributed by atoms with Gasteiger partial charge in [-0.25, -0.2) is 0 Å². The van der Waals surface area contributed by atoms with E-state index in [1.165, 1.54) is 24.8 Å². The zero-order chi connectivity index (χ0) is 34.9. The van der Waals surface area contributed by atoms with Crippen molar-refractivity contribution in [2.45, 2.75) is 125 Å². The Labute approximate surface area is 288 Å². The third-order valence-corrected chi connectivity index (χ3v) is 15.8. The molecule has 0 radical (unpaired) electrons. The Morgan fingerprint density at radius 2 is 1.62 bits per heavy atom. The molecule has 4 N–H and O–H groups in total. The van der Waals surface area contributed by atoms with Gasteiger partial charge in [0.05, 0.1) is 17.9 Å². The van der Waals surface area contributed by atoms with Crippen molar-refractivity contribution >= 4 is 17.8 Å². The van der Waals surface area contributed by atoms with Crippen molar-refractivity contribution in [2.24, 2.45) is 56.7 Å². The first kappa shape index (κ1) is 35.2. The maximum atomic E-state index is 14.6. The zero-order valence-electron chi connectivity index (χ0n) is 30.3. The molecule has 1 aromatic carbocycles. The summed E-state index contributed by atoms with van der Waals surface area (Å²) in [6, 6.07) is 7.25. The highest BCUT2D eigenvalue weighted by atomic mass is 16.4. The van der Waals surface area contributed by atoms with Crippen LogP contribution in [-0.4, -0.2) is 40.6 Å². The highest BCUT2D eigenvalue weighted by Gasteiger charge is 2.71. The topological polar surface area (TPSA) is 116 Å². The molecule has 5 fully saturated rings. The summed E-state index contributed by atoms with van der Waals surface area (Å²) in [4.78, 5) is 38.0. The molecule has 6 rings (SSSR count). The Bertz CT molecular complexity index is 1470. The summed E-state index contributed by atoms with van der Waals surface area (Å²) < 4.78 is 0. The average Bonchev–Trinajstić information content (AvgIpc) is 3.43. The Morgan fingerprint density at radius 1 is 0.875 bits per heavy atom. The smallest absolute Gasteiger partial charge is 0.305 e. The Balaban J connectivity index is 1.24. The van der Waals surface area contributed by atoms with Gasteiger partial charge in [-0.3, -0.25) is 14.4 Å². The lowest BCUT2D eigenvalue weighted by Gasteiger charge is -2.72. The molecule has 5 aliphatic carbocycles. The van der Waals surface area contributed by atoms with Gasteiger partial charge in [0.2, 0.25) is 5.91 Å². The molecule has 48 heavy (non-hydrogen) atoms. The highest BCUT2D eigenvalue weighted by molar-refractivity contribution is 5.94. The van der Waals surface area contributed by atoms with E-state index in [4.69, 9.17) is 5.11 Å². The number of carbonyl (C=O) groups excluding carboxylic acids is 2. The molecule has 0 saturated heterocycles. The van der Waals surface area contributed by atoms with Gasteiger partial charge in [0.15, 0.2) is 0 Å². The number of carbonyl (C=O) groups is 3. The van der Waals surface area contributed by atoms with E-state index >= 15 is 0 Å². The molecule has 1 aromatic rings. The van der Waals surface area contributed by atoms with Gasteiger partial charge in [-0.05, 0) is 140 Å². The van der Waals surface area contributed by atoms with E-state index in [9.17, 15) is 19.5 Å². The number of amides is 2. The van der Waals surface area contributed by atoms with Gasteiger partial charge in [0.1, 0.15) is 0 Å². The first-order chi connectivity index (χ1) is 22.5. The predicted octanol–water partition coefficient (Wildman–Crippen LogP) is 7.53. The van der Waals surface area contributed by atoms with Gasteiger partial charge in [0.25, 0.3) is 5.91 Å². The van der Waals surface area contributed by atoms with Crippen LogP contribution in [0.25, 0.3) is 0 Å². The molecule has 2 amide bonds. The molecular weight excluding hydrogens is 600 g/mol. The van der Waals surface area contributed by atoms with Crippen LogP contribution in [0.4, 0.5) is 0 Å². The van der Waals surface area contributed by atoms with Gasteiger partial charge in [-0.2, -0.15) is 0 Å². The van der Waals surface area contributed by atoms with Gasteiger partial charge in [-0.1, -0.05) is 58.9 Å². The number of allylic oxidation sites excluding steroid dienone is 1. The molecule has 7 heteroatoms. The maximum Gasteiger partial charge on any atom is 0.305 e. The molecule has 264 valence electrons. The van der Waals surface area contributed by atoms with Crippen LogP contribution in [0.15, 0.2) is 36.4 Å². The lowest BCUT2D eigenvalue weighted by atomic mass is 9.32. The monoisotopic (exact) mass is 660 g/mol. The number of aliphatic hydroxyl groups is 1. The zero-order valence-corrected chi connectivity index (χ0v) is 30.3. The van der Waals surface area contributed by atoms with Crippen LogP contribution in [0.3, 0.4) is 0 Å². The first-order valence-electron chi connectivity index (χ1n) is 18.7. The standard InChI is InChI=1S/C41H60N2O5/c1-25(2)28-13-19-41(36(48)43-24-26-9-8-10-27(23-26)35(47)42-22-16-33(45)46)21-20-39(6)29(34(28)41)11-12-31-38(5)17-15-32(44)37(3,4)30(38)14-18-40(31,39)7/h8-10,23,28-32,34,44H,1,11-22,24H2,2-7H3,(H,42,47)(H,43,48)(H,45,46)/t28-,29?,30?,31?,32?,34?,38?,39+,40?,41?/m0/s1. The fourth-order valence-corrected chi connectivity index (χ4v) is 13.1. The van der Waals surface area contributed by atoms with Crippen LogP contribution in [0.1, 0.15) is 128 Å². The normalized spacial score (nSPS) is 41.1. The van der Waals surface area contributed by atoms with Crippen LogP contribution in [0, 0.1) is 56.7 Å². The Morgan fingerprint density at radius 3 is 2.33 bits per heavy atom. The van der Waals surface area contributed by atoms with E-state index in [1.807, 2.05) is 12.1 Å². The molecule has 5 aliphatic rings. The lowest BCUT2D eigenvalue weighted by Crippen LogP contribution is -2.67. The maximum absolute atomic E-state index is 14.6. The number of benzene rings is 1. The van der Waals surface area contributed by atoms with Crippen LogP contribution < -0.4 is 10.6 Å². The molecule has 0 bridgehead atoms. The largest absolute Gasteiger partial charge is 0.481 e. The highest BCUT2D eigenvalue weighted by Crippen LogP contribution is 2.77. The first-order valence-corrected chi connectivity index (χ1v) is 18.7. The van der Waals surface area contributed by atoms with Crippen LogP contribution >= 0.6 is 0 Å². The molecule has 0 aromatic heterocycles. The van der Waals surface area contributed by atoms with E-state index < -0.39 is 11.4 Å². The quantitative estimate of drug-likeness (QED) is 0.215. The number of rotatable bonds is 8. The summed E-state index contributed by atoms with van der Waals surface area (Å²) in [6.45, 7) is 19.5. The summed E-state index contributed by atoms with van der Waals surface area (Å²) in [5.41, 5.74) is 2.61. The fourth-order valence-electron chi connectivity index (χ4n) is 13.1. The number of carboxylic acid groups (broad SMARTS) is 1. The number of nitrogens with one attached hydrogen (secondary N) is 2. The molecule has 10 atom stereocenters. The summed E-state index contributed by atoms with van der Waals surface area (Å²) >= 11 is 0. The molecule has 8 unspecified atom stereocenters. The van der Waals surface area contributed by atoms with Crippen LogP contribution in [0.2, 0.25) is 0 Å². The molecule has 7 nitrogen and oxygen atoms in total. The van der Waals surface area contributed by atoms with Crippen molar-refractivity contribution < 1.29 is 24.6 Å². The molecular formula is C41H60N2O5. The summed E-state index contributed by atoms with van der Waals surface area (Å²) in [6.07, 6.45) is 10.3. The summed E-state index contributed by atoms with van der Waals surface area (Å²) in [7, 11) is 0. The second-order valence-electron chi connectivity index (χ2n) is 18.0. The number of aliphatic carboxylic acids is 1. The van der Waals surface area contributed by atoms with Crippen LogP contribution in [0.5, 0.6) is 0 Å². The van der Waals surface area contributed by atoms with Crippen molar-refractivity contribution in [1.29, 1.82) is 0 Å². The predicted molar refractivity (Wildman–Crippen MR) is 188 cm³/mol. The Kier molecular flexibility index (Phi) is 9.00. The van der Waals surface area contributed by atoms with Crippen LogP contribution in [-0.2, 0) is 16.1 Å². The minimum absolute atomic E-state index is 0.0634. The fraction of sp³-hybridized carbons (Fsp3) is 0.732. The minimum atomic E-state index is -0.953. The van der Waals surface area contributed by atoms with Gasteiger partial charge < -0.3 is 20.8 Å². The molecule has 0 aliphatic heterocycles. The lowest BCUT2D eigenvalue weighted by molar-refractivity contribution is -0.246. The summed E-state index contributed by atoms with van der Waals surface area (Å²) in [5, 5.41) is 26.0. The third kappa shape index (κ3) is 5.27. The van der Waals surface area contributed by atoms with Gasteiger partial charge in [-0.15, -0.1) is 0 Å². The van der Waals surface area contributed by atoms with E-state index in [2.05, 4.69) is 58.8 Å². The van der Waals surface area contributed by atoms with Crippen molar-refractivity contribution in [2.75, 3.05) is 6.54 Å². The second kappa shape index (κ2) is 12.3. The molecule has 5 saturated carbocycles. The van der Waals surface area contributed by atoms with Crippen molar-refractivity contribution in [3.63, 3.8) is 0 Å². The third-order valence-electron chi connectivity index (χ3n) is 15.8. The summed E-state index contributed by atoms with van der Waals surface area (Å²) in [5.74, 6) is 1.12. The number of carboxylic acids is 1. The van der Waals surface area contributed by atoms with Crippen molar-refractivity contribution in [3.05, 3.63) is 47.5 Å². The number of hydrogen-bond acceptors (Lipinski definition) is 4. The number of hydrogen-bond donors (Lipinski definition) is 4. The van der Waals surface area contributed by atoms with E-state index in [0.717, 1.165) is 50.5 Å². The van der Waals surface area contributed by atoms with Crippen molar-refractivity contribution in [3.8, 4) is 0 Å². The Hall–Kier alpha value is -2.67. The molecule has 0 heterocycles.